The number of carboxylic acids is 1. The van der Waals surface area contributed by atoms with E-state index in [1.165, 1.54) is 417 Å². The first kappa shape index (κ1) is 96.0. The van der Waals surface area contributed by atoms with Gasteiger partial charge in [-0.2, -0.15) is 0 Å². The summed E-state index contributed by atoms with van der Waals surface area (Å²) in [5.41, 5.74) is 0. The van der Waals surface area contributed by atoms with Crippen molar-refractivity contribution < 1.29 is 42.9 Å². The van der Waals surface area contributed by atoms with E-state index in [0.717, 1.165) is 38.5 Å². The number of unbranched alkanes of at least 4 members (excludes halogenated alkanes) is 68. The summed E-state index contributed by atoms with van der Waals surface area (Å²) in [7, 11) is 5.96. The predicted molar refractivity (Wildman–Crippen MR) is 422 cm³/mol. The van der Waals surface area contributed by atoms with E-state index < -0.39 is 24.3 Å². The summed E-state index contributed by atoms with van der Waals surface area (Å²) >= 11 is 0. The van der Waals surface area contributed by atoms with Crippen LogP contribution in [0, 0.1) is 0 Å². The Morgan fingerprint density at radius 3 is 0.755 bits per heavy atom. The van der Waals surface area contributed by atoms with Crippen LogP contribution in [0.2, 0.25) is 0 Å². The monoisotopic (exact) mass is 1380 g/mol. The normalized spacial score (nSPS) is 12.5. The fourth-order valence-electron chi connectivity index (χ4n) is 14.0. The van der Waals surface area contributed by atoms with Crippen molar-refractivity contribution in [2.45, 2.75) is 495 Å². The summed E-state index contributed by atoms with van der Waals surface area (Å²) in [6, 6.07) is 0. The maximum atomic E-state index is 13.0. The third-order valence-corrected chi connectivity index (χ3v) is 20.8. The molecule has 0 radical (unpaired) electrons. The molecule has 0 rings (SSSR count). The number of allylic oxidation sites excluding steroid dienone is 2. The Labute approximate surface area is 612 Å². The number of carbonyl (C=O) groups excluding carboxylic acids is 3. The molecule has 2 unspecified atom stereocenters. The number of aliphatic carboxylic acids is 1. The van der Waals surface area contributed by atoms with E-state index in [1.54, 1.807) is 0 Å². The molecule has 0 aromatic rings. The molecule has 9 nitrogen and oxygen atoms in total. The van der Waals surface area contributed by atoms with Crippen molar-refractivity contribution in [2.24, 2.45) is 0 Å². The summed E-state index contributed by atoms with van der Waals surface area (Å²) in [6.07, 6.45) is 99.6. The van der Waals surface area contributed by atoms with E-state index in [4.69, 9.17) is 18.9 Å². The standard InChI is InChI=1S/C89H173NO8/c1-6-8-10-12-14-16-18-20-22-24-26-28-30-32-34-36-38-40-42-43-44-45-46-48-50-52-54-56-58-60-62-64-66-68-70-72-74-76-78-80-87(92)98-85(84-97-89(88(93)94)95-82-81-90(3,4)5)83-96-86(91)79-77-75-73-71-69-67-65-63-61-59-57-55-53-51-49-47-41-39-37-35-33-31-29-27-25-23-21-19-17-15-13-11-9-7-2/h24,26,85,89H,6-23,25,27-84H2,1-5H3/b26-24-. The molecule has 0 amide bonds. The van der Waals surface area contributed by atoms with E-state index in [9.17, 15) is 19.5 Å². The number of carbonyl (C=O) groups is 3. The average molecular weight is 1390 g/mol. The van der Waals surface area contributed by atoms with E-state index in [0.29, 0.717) is 17.4 Å². The minimum absolute atomic E-state index is 0.153. The van der Waals surface area contributed by atoms with Gasteiger partial charge in [0.05, 0.1) is 40.3 Å². The first-order valence-corrected chi connectivity index (χ1v) is 44.3. The van der Waals surface area contributed by atoms with Gasteiger partial charge in [-0.15, -0.1) is 0 Å². The molecule has 0 aromatic heterocycles. The van der Waals surface area contributed by atoms with Gasteiger partial charge in [0, 0.05) is 12.8 Å². The summed E-state index contributed by atoms with van der Waals surface area (Å²) in [4.78, 5) is 37.7. The van der Waals surface area contributed by atoms with Crippen molar-refractivity contribution in [1.82, 2.24) is 0 Å². The van der Waals surface area contributed by atoms with E-state index in [-0.39, 0.29) is 32.2 Å². The Morgan fingerprint density at radius 1 is 0.296 bits per heavy atom. The second-order valence-corrected chi connectivity index (χ2v) is 31.9. The number of ether oxygens (including phenoxy) is 4. The van der Waals surface area contributed by atoms with Crippen LogP contribution >= 0.6 is 0 Å². The van der Waals surface area contributed by atoms with Gasteiger partial charge in [-0.25, -0.2) is 0 Å². The van der Waals surface area contributed by atoms with Crippen molar-refractivity contribution in [3.8, 4) is 0 Å². The first-order chi connectivity index (χ1) is 48.1. The van der Waals surface area contributed by atoms with Crippen LogP contribution < -0.4 is 5.11 Å². The number of hydrogen-bond acceptors (Lipinski definition) is 8. The summed E-state index contributed by atoms with van der Waals surface area (Å²) in [5.74, 6) is -2.24. The topological polar surface area (TPSA) is 111 Å². The number of rotatable bonds is 85. The summed E-state index contributed by atoms with van der Waals surface area (Å²) < 4.78 is 22.9. The number of nitrogens with zero attached hydrogens (tertiary/aromatic N) is 1. The second-order valence-electron chi connectivity index (χ2n) is 31.9. The zero-order valence-electron chi connectivity index (χ0n) is 67.0. The predicted octanol–water partition coefficient (Wildman–Crippen LogP) is 27.3. The van der Waals surface area contributed by atoms with Crippen LogP contribution in [0.25, 0.3) is 0 Å². The third-order valence-electron chi connectivity index (χ3n) is 20.8. The molecule has 0 saturated heterocycles. The molecule has 9 heteroatoms. The first-order valence-electron chi connectivity index (χ1n) is 44.3. The van der Waals surface area contributed by atoms with Gasteiger partial charge in [0.15, 0.2) is 12.4 Å². The molecule has 98 heavy (non-hydrogen) atoms. The lowest BCUT2D eigenvalue weighted by Crippen LogP contribution is -2.44. The van der Waals surface area contributed by atoms with Crippen LogP contribution in [0.1, 0.15) is 483 Å². The summed E-state index contributed by atoms with van der Waals surface area (Å²) in [6.45, 7) is 4.85. The molecule has 0 aliphatic heterocycles. The smallest absolute Gasteiger partial charge is 0.306 e. The number of carboxylic acid groups (broad SMARTS) is 1. The largest absolute Gasteiger partial charge is 0.545 e. The Kier molecular flexibility index (Phi) is 79.1. The van der Waals surface area contributed by atoms with Crippen molar-refractivity contribution in [3.05, 3.63) is 12.2 Å². The Balaban J connectivity index is 3.89. The lowest BCUT2D eigenvalue weighted by atomic mass is 10.0. The Morgan fingerprint density at radius 2 is 0.520 bits per heavy atom. The molecule has 0 fully saturated rings. The highest BCUT2D eigenvalue weighted by Crippen LogP contribution is 2.21. The lowest BCUT2D eigenvalue weighted by Gasteiger charge is -2.26. The van der Waals surface area contributed by atoms with E-state index >= 15 is 0 Å². The van der Waals surface area contributed by atoms with Crippen LogP contribution in [-0.2, 0) is 33.3 Å². The van der Waals surface area contributed by atoms with E-state index in [1.807, 2.05) is 21.1 Å². The van der Waals surface area contributed by atoms with Gasteiger partial charge in [0.1, 0.15) is 13.2 Å². The van der Waals surface area contributed by atoms with Gasteiger partial charge in [0.2, 0.25) is 0 Å². The van der Waals surface area contributed by atoms with Gasteiger partial charge >= 0.3 is 11.9 Å². The minimum atomic E-state index is -1.62. The zero-order valence-corrected chi connectivity index (χ0v) is 67.0. The Bertz CT molecular complexity index is 1610. The van der Waals surface area contributed by atoms with Gasteiger partial charge in [-0.1, -0.05) is 443 Å². The Hall–Kier alpha value is -1.97. The van der Waals surface area contributed by atoms with Crippen molar-refractivity contribution in [2.75, 3.05) is 47.5 Å². The van der Waals surface area contributed by atoms with E-state index in [2.05, 4.69) is 26.0 Å². The van der Waals surface area contributed by atoms with Gasteiger partial charge in [0.25, 0.3) is 0 Å². The molecular formula is C89H173NO8. The molecule has 0 bridgehead atoms. The lowest BCUT2D eigenvalue weighted by molar-refractivity contribution is -0.870. The molecule has 0 saturated carbocycles. The van der Waals surface area contributed by atoms with Gasteiger partial charge in [-0.05, 0) is 38.5 Å². The highest BCUT2D eigenvalue weighted by molar-refractivity contribution is 5.70. The molecule has 0 heterocycles. The van der Waals surface area contributed by atoms with Crippen LogP contribution in [0.5, 0.6) is 0 Å². The second kappa shape index (κ2) is 80.7. The average Bonchev–Trinajstić information content (AvgIpc) is 1.38. The molecule has 0 aliphatic carbocycles. The quantitative estimate of drug-likeness (QED) is 0.0195. The van der Waals surface area contributed by atoms with Crippen LogP contribution in [0.15, 0.2) is 12.2 Å². The summed E-state index contributed by atoms with van der Waals surface area (Å²) in [5, 5.41) is 11.9. The highest BCUT2D eigenvalue weighted by atomic mass is 16.7. The molecular weight excluding hydrogens is 1210 g/mol. The van der Waals surface area contributed by atoms with Gasteiger partial charge in [-0.3, -0.25) is 9.59 Å². The van der Waals surface area contributed by atoms with Crippen LogP contribution in [-0.4, -0.2) is 82.3 Å². The molecule has 2 atom stereocenters. The fraction of sp³-hybridized carbons (Fsp3) is 0.944. The molecule has 0 spiro atoms. The van der Waals surface area contributed by atoms with Crippen LogP contribution in [0.3, 0.4) is 0 Å². The SMILES string of the molecule is CCCCCCCCCC/C=C\CCCCCCCCCCCCCCCCCCCCCCCCCCCCCC(=O)OC(COC(=O)CCCCCCCCCCCCCCCCCCCCCCCCCCCCCCCCCCCC)COC(OCC[N+](C)(C)C)C(=O)[O-]. The van der Waals surface area contributed by atoms with Crippen LogP contribution in [0.4, 0.5) is 0 Å². The number of quaternary nitrogens is 1. The maximum absolute atomic E-state index is 13.0. The van der Waals surface area contributed by atoms with Crippen molar-refractivity contribution in [3.63, 3.8) is 0 Å². The molecule has 0 aliphatic rings. The van der Waals surface area contributed by atoms with Crippen molar-refractivity contribution >= 4 is 17.9 Å². The maximum Gasteiger partial charge on any atom is 0.306 e. The molecule has 0 N–H and O–H groups in total. The molecule has 582 valence electrons. The minimum Gasteiger partial charge on any atom is -0.545 e. The highest BCUT2D eigenvalue weighted by Gasteiger charge is 2.22. The van der Waals surface area contributed by atoms with Gasteiger partial charge < -0.3 is 33.3 Å². The number of esters is 2. The third kappa shape index (κ3) is 81.3. The van der Waals surface area contributed by atoms with Crippen molar-refractivity contribution in [1.29, 1.82) is 0 Å². The zero-order chi connectivity index (χ0) is 71.1. The number of likely N-dealkylation sites (N-methyl/N-ethyl adjacent to an activating group) is 1. The molecule has 0 aromatic carbocycles. The number of hydrogen-bond donors (Lipinski definition) is 0. The fourth-order valence-corrected chi connectivity index (χ4v) is 14.0.